The molecule has 2 rings (SSSR count). The van der Waals surface area contributed by atoms with E-state index in [9.17, 15) is 0 Å². The second-order valence-corrected chi connectivity index (χ2v) is 6.63. The highest BCUT2D eigenvalue weighted by Crippen LogP contribution is 2.27. The van der Waals surface area contributed by atoms with Crippen LogP contribution in [0.5, 0.6) is 5.75 Å². The Morgan fingerprint density at radius 1 is 1.48 bits per heavy atom. The van der Waals surface area contributed by atoms with Crippen LogP contribution in [0.2, 0.25) is 0 Å². The number of aromatic amines is 1. The summed E-state index contributed by atoms with van der Waals surface area (Å²) in [5.41, 5.74) is 7.25. The monoisotopic (exact) mass is 306 g/mol. The Kier molecular flexibility index (Phi) is 4.77. The van der Waals surface area contributed by atoms with E-state index in [0.717, 1.165) is 34.1 Å². The molecule has 0 aliphatic heterocycles. The molecule has 0 amide bonds. The van der Waals surface area contributed by atoms with E-state index >= 15 is 0 Å². The highest BCUT2D eigenvalue weighted by molar-refractivity contribution is 7.99. The van der Waals surface area contributed by atoms with Crippen molar-refractivity contribution in [2.75, 3.05) is 12.4 Å². The molecule has 6 heteroatoms. The third-order valence-electron chi connectivity index (χ3n) is 3.44. The van der Waals surface area contributed by atoms with Crippen LogP contribution < -0.4 is 10.5 Å². The first-order valence-corrected chi connectivity index (χ1v) is 8.01. The van der Waals surface area contributed by atoms with Crippen molar-refractivity contribution in [3.63, 3.8) is 0 Å². The average Bonchev–Trinajstić information content (AvgIpc) is 2.80. The van der Waals surface area contributed by atoms with Crippen LogP contribution in [0, 0.1) is 10.8 Å². The Balaban J connectivity index is 2.01. The number of benzene rings is 1. The molecule has 0 aliphatic rings. The molecule has 0 radical (unpaired) electrons. The highest BCUT2D eigenvalue weighted by atomic mass is 32.2. The predicted molar refractivity (Wildman–Crippen MR) is 88.3 cm³/mol. The maximum atomic E-state index is 7.56. The number of nitrogens with two attached hydrogens (primary N) is 1. The minimum absolute atomic E-state index is 0.231. The Labute approximate surface area is 129 Å². The molecular formula is C15H22N4OS. The lowest BCUT2D eigenvalue weighted by atomic mass is 9.89. The van der Waals surface area contributed by atoms with Crippen molar-refractivity contribution in [3.05, 3.63) is 18.2 Å². The summed E-state index contributed by atoms with van der Waals surface area (Å²) < 4.78 is 5.48. The van der Waals surface area contributed by atoms with Crippen LogP contribution in [-0.4, -0.2) is 28.2 Å². The first kappa shape index (κ1) is 15.7. The molecule has 1 aromatic heterocycles. The van der Waals surface area contributed by atoms with Gasteiger partial charge in [-0.15, -0.1) is 0 Å². The van der Waals surface area contributed by atoms with Gasteiger partial charge in [0.25, 0.3) is 0 Å². The number of H-pyrrole nitrogens is 1. The van der Waals surface area contributed by atoms with E-state index in [0.29, 0.717) is 6.61 Å². The second kappa shape index (κ2) is 6.39. The number of hydrogen-bond acceptors (Lipinski definition) is 4. The number of imidazole rings is 1. The number of ether oxygens (including phenoxy) is 1. The summed E-state index contributed by atoms with van der Waals surface area (Å²) in [4.78, 5) is 7.84. The number of nitrogens with zero attached hydrogens (tertiary/aromatic N) is 1. The second-order valence-electron chi connectivity index (χ2n) is 5.55. The number of aromatic nitrogens is 2. The third kappa shape index (κ3) is 3.91. The zero-order valence-corrected chi connectivity index (χ0v) is 13.5. The SMILES string of the molecule is CCOc1ccc2nc(SCCC(C)(C)C(=N)N)[nH]c2c1. The van der Waals surface area contributed by atoms with Gasteiger partial charge in [-0.25, -0.2) is 4.98 Å². The van der Waals surface area contributed by atoms with Crippen LogP contribution in [0.4, 0.5) is 0 Å². The highest BCUT2D eigenvalue weighted by Gasteiger charge is 2.21. The zero-order valence-electron chi connectivity index (χ0n) is 12.7. The molecule has 1 aromatic carbocycles. The molecule has 0 bridgehead atoms. The van der Waals surface area contributed by atoms with Gasteiger partial charge in [0.2, 0.25) is 0 Å². The quantitative estimate of drug-likeness (QED) is 0.415. The summed E-state index contributed by atoms with van der Waals surface area (Å²) in [5, 5.41) is 8.45. The van der Waals surface area contributed by atoms with Gasteiger partial charge in [0.1, 0.15) is 5.75 Å². The summed E-state index contributed by atoms with van der Waals surface area (Å²) in [6, 6.07) is 5.86. The summed E-state index contributed by atoms with van der Waals surface area (Å²) in [7, 11) is 0. The van der Waals surface area contributed by atoms with Crippen LogP contribution >= 0.6 is 11.8 Å². The lowest BCUT2D eigenvalue weighted by Gasteiger charge is -2.21. The Hall–Kier alpha value is -1.69. The van der Waals surface area contributed by atoms with Crippen molar-refractivity contribution >= 4 is 28.6 Å². The summed E-state index contributed by atoms with van der Waals surface area (Å²) in [5.74, 6) is 1.95. The molecule has 0 unspecified atom stereocenters. The standard InChI is InChI=1S/C15H22N4OS/c1-4-20-10-5-6-11-12(9-10)19-14(18-11)21-8-7-15(2,3)13(16)17/h5-6,9H,4,7-8H2,1-3H3,(H3,16,17)(H,18,19). The van der Waals surface area contributed by atoms with Gasteiger partial charge in [-0.05, 0) is 25.5 Å². The maximum Gasteiger partial charge on any atom is 0.166 e. The first-order valence-electron chi connectivity index (χ1n) is 7.02. The van der Waals surface area contributed by atoms with Gasteiger partial charge in [0, 0.05) is 17.2 Å². The van der Waals surface area contributed by atoms with Crippen molar-refractivity contribution in [3.8, 4) is 5.75 Å². The molecule has 5 nitrogen and oxygen atoms in total. The number of hydrogen-bond donors (Lipinski definition) is 3. The van der Waals surface area contributed by atoms with Gasteiger partial charge < -0.3 is 15.5 Å². The molecule has 0 atom stereocenters. The molecule has 0 spiro atoms. The number of rotatable bonds is 7. The fourth-order valence-corrected chi connectivity index (χ4v) is 2.98. The van der Waals surface area contributed by atoms with E-state index in [2.05, 4.69) is 9.97 Å². The normalized spacial score (nSPS) is 11.8. The summed E-state index contributed by atoms with van der Waals surface area (Å²) in [6.45, 7) is 6.60. The number of thioether (sulfide) groups is 1. The molecule has 4 N–H and O–H groups in total. The fraction of sp³-hybridized carbons (Fsp3) is 0.467. The Bertz CT molecular complexity index is 636. The van der Waals surface area contributed by atoms with Crippen LogP contribution in [0.15, 0.2) is 23.4 Å². The molecule has 114 valence electrons. The summed E-state index contributed by atoms with van der Waals surface area (Å²) in [6.07, 6.45) is 0.842. The lowest BCUT2D eigenvalue weighted by Crippen LogP contribution is -2.31. The molecule has 0 aliphatic carbocycles. The zero-order chi connectivity index (χ0) is 15.5. The van der Waals surface area contributed by atoms with Crippen molar-refractivity contribution in [1.29, 1.82) is 5.41 Å². The van der Waals surface area contributed by atoms with E-state index in [1.807, 2.05) is 39.0 Å². The minimum Gasteiger partial charge on any atom is -0.494 e. The van der Waals surface area contributed by atoms with E-state index in [-0.39, 0.29) is 11.3 Å². The van der Waals surface area contributed by atoms with Gasteiger partial charge in [-0.1, -0.05) is 25.6 Å². The van der Waals surface area contributed by atoms with Gasteiger partial charge in [0.15, 0.2) is 5.16 Å². The van der Waals surface area contributed by atoms with Crippen LogP contribution in [0.3, 0.4) is 0 Å². The van der Waals surface area contributed by atoms with E-state index in [1.54, 1.807) is 11.8 Å². The smallest absolute Gasteiger partial charge is 0.166 e. The van der Waals surface area contributed by atoms with Crippen LogP contribution in [0.25, 0.3) is 11.0 Å². The van der Waals surface area contributed by atoms with Crippen LogP contribution in [-0.2, 0) is 0 Å². The van der Waals surface area contributed by atoms with Gasteiger partial charge in [-0.3, -0.25) is 5.41 Å². The molecular weight excluding hydrogens is 284 g/mol. The molecule has 0 fully saturated rings. The topological polar surface area (TPSA) is 87.8 Å². The molecule has 2 aromatic rings. The summed E-state index contributed by atoms with van der Waals surface area (Å²) >= 11 is 1.65. The third-order valence-corrected chi connectivity index (χ3v) is 4.31. The van der Waals surface area contributed by atoms with Gasteiger partial charge in [-0.2, -0.15) is 0 Å². The van der Waals surface area contributed by atoms with Gasteiger partial charge in [0.05, 0.1) is 23.5 Å². The molecule has 21 heavy (non-hydrogen) atoms. The maximum absolute atomic E-state index is 7.56. The lowest BCUT2D eigenvalue weighted by molar-refractivity contribution is 0.340. The molecule has 0 saturated heterocycles. The largest absolute Gasteiger partial charge is 0.494 e. The predicted octanol–water partition coefficient (Wildman–Crippen LogP) is 3.41. The van der Waals surface area contributed by atoms with E-state index < -0.39 is 0 Å². The van der Waals surface area contributed by atoms with E-state index in [4.69, 9.17) is 15.9 Å². The number of nitrogens with one attached hydrogen (secondary N) is 2. The van der Waals surface area contributed by atoms with Gasteiger partial charge >= 0.3 is 0 Å². The molecule has 0 saturated carbocycles. The molecule has 1 heterocycles. The average molecular weight is 306 g/mol. The number of fused-ring (bicyclic) bond motifs is 1. The van der Waals surface area contributed by atoms with Crippen molar-refractivity contribution < 1.29 is 4.74 Å². The first-order chi connectivity index (χ1) is 9.92. The van der Waals surface area contributed by atoms with Crippen LogP contribution in [0.1, 0.15) is 27.2 Å². The fourth-order valence-electron chi connectivity index (χ4n) is 1.83. The Morgan fingerprint density at radius 3 is 2.90 bits per heavy atom. The number of amidine groups is 1. The van der Waals surface area contributed by atoms with Crippen molar-refractivity contribution in [1.82, 2.24) is 9.97 Å². The minimum atomic E-state index is -0.263. The van der Waals surface area contributed by atoms with Crippen molar-refractivity contribution in [2.24, 2.45) is 11.1 Å². The van der Waals surface area contributed by atoms with Crippen molar-refractivity contribution in [2.45, 2.75) is 32.3 Å². The Morgan fingerprint density at radius 2 is 2.24 bits per heavy atom. The van der Waals surface area contributed by atoms with E-state index in [1.165, 1.54) is 0 Å².